The molecule has 0 aliphatic carbocycles. The predicted octanol–water partition coefficient (Wildman–Crippen LogP) is -3.09. The van der Waals surface area contributed by atoms with Gasteiger partial charge in [-0.05, 0) is 6.07 Å². The maximum absolute atomic E-state index is 10.6. The highest BCUT2D eigenvalue weighted by Gasteiger charge is 2.04. The lowest BCUT2D eigenvalue weighted by Gasteiger charge is -2.27. The van der Waals surface area contributed by atoms with E-state index >= 15 is 0 Å². The van der Waals surface area contributed by atoms with Gasteiger partial charge in [-0.2, -0.15) is 0 Å². The summed E-state index contributed by atoms with van der Waals surface area (Å²) < 4.78 is 9.37. The van der Waals surface area contributed by atoms with Crippen molar-refractivity contribution in [3.63, 3.8) is 0 Å². The van der Waals surface area contributed by atoms with E-state index in [1.807, 2.05) is 0 Å². The second-order valence-electron chi connectivity index (χ2n) is 2.18. The molecule has 0 radical (unpaired) electrons. The van der Waals surface area contributed by atoms with Crippen molar-refractivity contribution in [3.8, 4) is 11.8 Å². The molecule has 13 heavy (non-hydrogen) atoms. The molecule has 6 nitrogen and oxygen atoms in total. The maximum Gasteiger partial charge on any atom is 0.232 e. The smallest absolute Gasteiger partial charge is 0.232 e. The second-order valence-corrected chi connectivity index (χ2v) is 2.18. The Kier molecular flexibility index (Phi) is 3.05. The minimum absolute atomic E-state index is 0.0594. The van der Waals surface area contributed by atoms with Crippen molar-refractivity contribution in [2.24, 2.45) is 0 Å². The Morgan fingerprint density at radius 3 is 2.38 bits per heavy atom. The third-order valence-electron chi connectivity index (χ3n) is 1.42. The zero-order valence-electron chi connectivity index (χ0n) is 7.18. The molecule has 0 amide bonds. The lowest BCUT2D eigenvalue weighted by molar-refractivity contribution is -0.341. The van der Waals surface area contributed by atoms with Crippen molar-refractivity contribution in [3.05, 3.63) is 6.07 Å². The van der Waals surface area contributed by atoms with Crippen LogP contribution in [0.3, 0.4) is 0 Å². The highest BCUT2D eigenvalue weighted by molar-refractivity contribution is 6.56. The van der Waals surface area contributed by atoms with Crippen molar-refractivity contribution < 1.29 is 19.5 Å². The van der Waals surface area contributed by atoms with Crippen LogP contribution in [0, 0.1) is 0 Å². The van der Waals surface area contributed by atoms with Crippen molar-refractivity contribution in [2.75, 3.05) is 14.2 Å². The van der Waals surface area contributed by atoms with Crippen LogP contribution in [0.15, 0.2) is 6.07 Å². The zero-order chi connectivity index (χ0) is 9.84. The molecule has 0 saturated heterocycles. The van der Waals surface area contributed by atoms with Crippen molar-refractivity contribution in [2.45, 2.75) is 0 Å². The van der Waals surface area contributed by atoms with Gasteiger partial charge in [0.05, 0.1) is 14.2 Å². The van der Waals surface area contributed by atoms with Crippen LogP contribution in [-0.4, -0.2) is 31.5 Å². The summed E-state index contributed by atoms with van der Waals surface area (Å²) in [4.78, 5) is 0. The summed E-state index contributed by atoms with van der Waals surface area (Å²) in [5.74, 6) is 0.0586. The summed E-state index contributed by atoms with van der Waals surface area (Å²) in [7, 11) is 0.520. The molecule has 0 unspecified atom stereocenters. The summed E-state index contributed by atoms with van der Waals surface area (Å²) >= 11 is 0. The first-order valence-electron chi connectivity index (χ1n) is 3.46. The molecule has 1 aromatic heterocycles. The Morgan fingerprint density at radius 1 is 1.23 bits per heavy atom. The van der Waals surface area contributed by atoms with Crippen LogP contribution in [0.5, 0.6) is 11.8 Å². The molecule has 0 aliphatic heterocycles. The summed E-state index contributed by atoms with van der Waals surface area (Å²) in [5, 5.41) is 28.3. The summed E-state index contributed by atoms with van der Waals surface area (Å²) in [6.45, 7) is 0. The van der Waals surface area contributed by atoms with Crippen LogP contribution < -0.4 is 25.0 Å². The first-order valence-corrected chi connectivity index (χ1v) is 3.46. The molecular formula is C6H7BN2O4-2. The summed E-state index contributed by atoms with van der Waals surface area (Å²) in [5.41, 5.74) is -0.102. The standard InChI is InChI=1S/C6H7BN2O4/c1-12-5-3-4(7(10)11)6(13-2)9-8-5/h3H,1-2H3/q-2. The summed E-state index contributed by atoms with van der Waals surface area (Å²) in [6.07, 6.45) is 0. The monoisotopic (exact) mass is 182 g/mol. The number of aromatic nitrogens is 2. The Morgan fingerprint density at radius 2 is 1.92 bits per heavy atom. The van der Waals surface area contributed by atoms with Gasteiger partial charge in [0.1, 0.15) is 0 Å². The number of rotatable bonds is 3. The lowest BCUT2D eigenvalue weighted by atomic mass is 9.81. The van der Waals surface area contributed by atoms with E-state index < -0.39 is 7.12 Å². The molecule has 0 aromatic carbocycles. The van der Waals surface area contributed by atoms with Crippen LogP contribution in [0.25, 0.3) is 0 Å². The van der Waals surface area contributed by atoms with Crippen LogP contribution in [-0.2, 0) is 0 Å². The van der Waals surface area contributed by atoms with Crippen molar-refractivity contribution in [1.29, 1.82) is 0 Å². The third-order valence-corrected chi connectivity index (χ3v) is 1.42. The molecule has 0 atom stereocenters. The van der Waals surface area contributed by atoms with E-state index in [4.69, 9.17) is 4.74 Å². The third kappa shape index (κ3) is 2.07. The van der Waals surface area contributed by atoms with Gasteiger partial charge in [0.15, 0.2) is 0 Å². The van der Waals surface area contributed by atoms with E-state index in [1.54, 1.807) is 0 Å². The molecule has 7 heteroatoms. The fraction of sp³-hybridized carbons (Fsp3) is 0.333. The van der Waals surface area contributed by atoms with E-state index in [9.17, 15) is 10.0 Å². The van der Waals surface area contributed by atoms with Crippen LogP contribution in [0.2, 0.25) is 0 Å². The average molecular weight is 182 g/mol. The number of hydrogen-bond acceptors (Lipinski definition) is 6. The molecular weight excluding hydrogens is 175 g/mol. The first-order chi connectivity index (χ1) is 6.19. The molecule has 0 aliphatic rings. The summed E-state index contributed by atoms with van der Waals surface area (Å²) in [6, 6.07) is 1.22. The van der Waals surface area contributed by atoms with Crippen LogP contribution >= 0.6 is 0 Å². The van der Waals surface area contributed by atoms with Gasteiger partial charge < -0.3 is 19.5 Å². The van der Waals surface area contributed by atoms with E-state index in [0.29, 0.717) is 0 Å². The number of nitrogens with zero attached hydrogens (tertiary/aromatic N) is 2. The molecule has 0 spiro atoms. The van der Waals surface area contributed by atoms with Gasteiger partial charge >= 0.3 is 0 Å². The van der Waals surface area contributed by atoms with Gasteiger partial charge in [0.25, 0.3) is 0 Å². The number of methoxy groups -OCH3 is 2. The molecule has 1 rings (SSSR count). The van der Waals surface area contributed by atoms with E-state index in [2.05, 4.69) is 14.9 Å². The Bertz CT molecular complexity index is 294. The Labute approximate surface area is 75.3 Å². The van der Waals surface area contributed by atoms with Gasteiger partial charge in [-0.1, -0.05) is 12.6 Å². The van der Waals surface area contributed by atoms with Gasteiger partial charge in [-0.25, -0.2) is 0 Å². The fourth-order valence-corrected chi connectivity index (χ4v) is 0.803. The molecule has 0 saturated carbocycles. The van der Waals surface area contributed by atoms with Crippen molar-refractivity contribution >= 4 is 12.6 Å². The quantitative estimate of drug-likeness (QED) is 0.460. The van der Waals surface area contributed by atoms with Gasteiger partial charge in [-0.3, -0.25) is 0 Å². The highest BCUT2D eigenvalue weighted by Crippen LogP contribution is 2.05. The molecule has 1 heterocycles. The largest absolute Gasteiger partial charge is 0.889 e. The van der Waals surface area contributed by atoms with Gasteiger partial charge in [-0.15, -0.1) is 10.2 Å². The second kappa shape index (κ2) is 4.06. The molecule has 70 valence electrons. The van der Waals surface area contributed by atoms with Crippen LogP contribution in [0.1, 0.15) is 0 Å². The molecule has 0 N–H and O–H groups in total. The van der Waals surface area contributed by atoms with Gasteiger partial charge in [0, 0.05) is 0 Å². The molecule has 1 aromatic rings. The maximum atomic E-state index is 10.6. The lowest BCUT2D eigenvalue weighted by Crippen LogP contribution is -2.55. The first kappa shape index (κ1) is 9.75. The Hall–Kier alpha value is -1.34. The van der Waals surface area contributed by atoms with E-state index in [0.717, 1.165) is 0 Å². The zero-order valence-corrected chi connectivity index (χ0v) is 7.18. The molecule has 0 bridgehead atoms. The SMILES string of the molecule is COc1cc(B([O-])[O-])c(OC)nn1. The highest BCUT2D eigenvalue weighted by atomic mass is 16.5. The van der Waals surface area contributed by atoms with E-state index in [1.165, 1.54) is 20.3 Å². The predicted molar refractivity (Wildman–Crippen MR) is 40.5 cm³/mol. The van der Waals surface area contributed by atoms with Gasteiger partial charge in [0.2, 0.25) is 11.8 Å². The number of hydrogen-bond donors (Lipinski definition) is 0. The van der Waals surface area contributed by atoms with Crippen LogP contribution in [0.4, 0.5) is 0 Å². The average Bonchev–Trinajstić information content (AvgIpc) is 2.16. The molecule has 0 fully saturated rings. The minimum Gasteiger partial charge on any atom is -0.889 e. The van der Waals surface area contributed by atoms with Crippen molar-refractivity contribution in [1.82, 2.24) is 10.2 Å². The normalized spacial score (nSPS) is 9.54. The van der Waals surface area contributed by atoms with E-state index in [-0.39, 0.29) is 17.2 Å². The number of ether oxygens (including phenoxy) is 2. The Balaban J connectivity index is 3.10. The topological polar surface area (TPSA) is 90.4 Å². The minimum atomic E-state index is -2.15. The fourth-order valence-electron chi connectivity index (χ4n) is 0.803.